The van der Waals surface area contributed by atoms with Gasteiger partial charge >= 0.3 is 0 Å². The maximum absolute atomic E-state index is 12.1. The number of anilines is 1. The second-order valence-electron chi connectivity index (χ2n) is 4.92. The summed E-state index contributed by atoms with van der Waals surface area (Å²) in [4.78, 5) is 25.6. The number of rotatable bonds is 4. The first-order valence-electron chi connectivity index (χ1n) is 6.93. The molecule has 0 aliphatic carbocycles. The van der Waals surface area contributed by atoms with Crippen molar-refractivity contribution in [3.05, 3.63) is 24.3 Å². The number of ether oxygens (including phenoxy) is 1. The number of nitrogens with one attached hydrogen (secondary N) is 1. The van der Waals surface area contributed by atoms with Crippen LogP contribution in [0, 0.1) is 0 Å². The van der Waals surface area contributed by atoms with Gasteiger partial charge in [0, 0.05) is 6.04 Å². The van der Waals surface area contributed by atoms with E-state index in [0.717, 1.165) is 6.42 Å². The monoisotopic (exact) mass is 276 g/mol. The molecule has 0 bridgehead atoms. The summed E-state index contributed by atoms with van der Waals surface area (Å²) in [6.45, 7) is 4.33. The molecule has 2 amide bonds. The Balaban J connectivity index is 2.16. The molecule has 1 aliphatic rings. The predicted molar refractivity (Wildman–Crippen MR) is 76.8 cm³/mol. The minimum atomic E-state index is -0.149. The second kappa shape index (κ2) is 6.41. The first-order valence-corrected chi connectivity index (χ1v) is 6.93. The number of hydrogen-bond acceptors (Lipinski definition) is 3. The van der Waals surface area contributed by atoms with Crippen molar-refractivity contribution in [3.8, 4) is 5.75 Å². The number of amides is 2. The average Bonchev–Trinajstić information content (AvgIpc) is 2.59. The highest BCUT2D eigenvalue weighted by atomic mass is 16.5. The minimum absolute atomic E-state index is 0.0313. The zero-order valence-electron chi connectivity index (χ0n) is 11.9. The number of hydrogen-bond donors (Lipinski definition) is 1. The molecule has 0 aromatic heterocycles. The van der Waals surface area contributed by atoms with E-state index in [1.807, 2.05) is 32.0 Å². The Labute approximate surface area is 118 Å². The number of fused-ring (bicyclic) bond motifs is 1. The highest BCUT2D eigenvalue weighted by Gasteiger charge is 2.25. The molecule has 1 heterocycles. The summed E-state index contributed by atoms with van der Waals surface area (Å²) in [6, 6.07) is 7.41. The van der Waals surface area contributed by atoms with E-state index in [-0.39, 0.29) is 30.8 Å². The van der Waals surface area contributed by atoms with Gasteiger partial charge in [-0.1, -0.05) is 19.1 Å². The Bertz CT molecular complexity index is 502. The van der Waals surface area contributed by atoms with E-state index < -0.39 is 0 Å². The summed E-state index contributed by atoms with van der Waals surface area (Å²) in [6.07, 6.45) is 1.14. The van der Waals surface area contributed by atoms with Gasteiger partial charge in [0.2, 0.25) is 11.8 Å². The van der Waals surface area contributed by atoms with Gasteiger partial charge in [-0.2, -0.15) is 0 Å². The molecule has 108 valence electrons. The Hall–Kier alpha value is -2.04. The Morgan fingerprint density at radius 2 is 2.20 bits per heavy atom. The molecule has 5 nitrogen and oxygen atoms in total. The smallest absolute Gasteiger partial charge is 0.240 e. The molecule has 1 atom stereocenters. The van der Waals surface area contributed by atoms with Crippen LogP contribution in [0.2, 0.25) is 0 Å². The molecular weight excluding hydrogens is 256 g/mol. The molecule has 1 aliphatic heterocycles. The fraction of sp³-hybridized carbons (Fsp3) is 0.467. The third-order valence-electron chi connectivity index (χ3n) is 3.35. The summed E-state index contributed by atoms with van der Waals surface area (Å²) < 4.78 is 5.54. The Morgan fingerprint density at radius 1 is 1.45 bits per heavy atom. The van der Waals surface area contributed by atoms with Crippen LogP contribution in [-0.2, 0) is 9.59 Å². The Kier molecular flexibility index (Phi) is 4.61. The van der Waals surface area contributed by atoms with E-state index in [9.17, 15) is 9.59 Å². The zero-order valence-corrected chi connectivity index (χ0v) is 11.9. The van der Waals surface area contributed by atoms with Crippen molar-refractivity contribution >= 4 is 17.5 Å². The van der Waals surface area contributed by atoms with Crippen molar-refractivity contribution in [1.29, 1.82) is 0 Å². The second-order valence-corrected chi connectivity index (χ2v) is 4.92. The molecule has 0 spiro atoms. The third kappa shape index (κ3) is 3.29. The van der Waals surface area contributed by atoms with Crippen LogP contribution in [0.5, 0.6) is 5.75 Å². The van der Waals surface area contributed by atoms with Crippen LogP contribution in [0.15, 0.2) is 24.3 Å². The number of benzene rings is 1. The Morgan fingerprint density at radius 3 is 2.95 bits per heavy atom. The molecule has 2 rings (SSSR count). The molecule has 0 fully saturated rings. The highest BCUT2D eigenvalue weighted by Crippen LogP contribution is 2.30. The largest absolute Gasteiger partial charge is 0.491 e. The van der Waals surface area contributed by atoms with Crippen molar-refractivity contribution in [3.63, 3.8) is 0 Å². The lowest BCUT2D eigenvalue weighted by molar-refractivity contribution is -0.124. The van der Waals surface area contributed by atoms with E-state index in [2.05, 4.69) is 5.32 Å². The summed E-state index contributed by atoms with van der Waals surface area (Å²) >= 11 is 0. The lowest BCUT2D eigenvalue weighted by atomic mass is 10.2. The van der Waals surface area contributed by atoms with Gasteiger partial charge in [-0.25, -0.2) is 0 Å². The molecular formula is C15H20N2O3. The van der Waals surface area contributed by atoms with Crippen LogP contribution in [0.25, 0.3) is 0 Å². The van der Waals surface area contributed by atoms with Gasteiger partial charge in [-0.05, 0) is 25.5 Å². The van der Waals surface area contributed by atoms with Gasteiger partial charge in [0.1, 0.15) is 12.3 Å². The number of carbonyl (C=O) groups is 2. The van der Waals surface area contributed by atoms with Crippen LogP contribution < -0.4 is 15.0 Å². The van der Waals surface area contributed by atoms with Crippen molar-refractivity contribution in [1.82, 2.24) is 5.32 Å². The van der Waals surface area contributed by atoms with Gasteiger partial charge < -0.3 is 10.1 Å². The molecule has 0 radical (unpaired) electrons. The molecule has 1 aromatic rings. The fourth-order valence-corrected chi connectivity index (χ4v) is 2.06. The molecule has 0 saturated heterocycles. The summed E-state index contributed by atoms with van der Waals surface area (Å²) in [5.41, 5.74) is 0.661. The van der Waals surface area contributed by atoms with Crippen LogP contribution in [0.1, 0.15) is 26.7 Å². The van der Waals surface area contributed by atoms with Crippen molar-refractivity contribution < 1.29 is 14.3 Å². The van der Waals surface area contributed by atoms with Crippen LogP contribution in [0.4, 0.5) is 5.69 Å². The summed E-state index contributed by atoms with van der Waals surface area (Å²) in [7, 11) is 0. The first-order chi connectivity index (χ1) is 9.61. The van der Waals surface area contributed by atoms with Crippen LogP contribution in [0.3, 0.4) is 0 Å². The molecule has 1 unspecified atom stereocenters. The molecule has 0 saturated carbocycles. The van der Waals surface area contributed by atoms with Crippen molar-refractivity contribution in [2.75, 3.05) is 18.1 Å². The summed E-state index contributed by atoms with van der Waals surface area (Å²) in [5.74, 6) is 0.411. The van der Waals surface area contributed by atoms with E-state index in [0.29, 0.717) is 18.0 Å². The average molecular weight is 276 g/mol. The lowest BCUT2D eigenvalue weighted by Gasteiger charge is -2.22. The standard InChI is InChI=1S/C15H20N2O3/c1-3-11(2)16-14(18)10-17-12-6-4-5-7-13(12)20-9-8-15(17)19/h4-7,11H,3,8-10H2,1-2H3,(H,16,18). The lowest BCUT2D eigenvalue weighted by Crippen LogP contribution is -2.43. The molecule has 20 heavy (non-hydrogen) atoms. The van der Waals surface area contributed by atoms with Gasteiger partial charge in [0.05, 0.1) is 18.7 Å². The van der Waals surface area contributed by atoms with E-state index in [4.69, 9.17) is 4.74 Å². The first kappa shape index (κ1) is 14.4. The number of carbonyl (C=O) groups excluding carboxylic acids is 2. The van der Waals surface area contributed by atoms with Crippen molar-refractivity contribution in [2.24, 2.45) is 0 Å². The molecule has 1 aromatic carbocycles. The van der Waals surface area contributed by atoms with Gasteiger partial charge in [-0.15, -0.1) is 0 Å². The predicted octanol–water partition coefficient (Wildman–Crippen LogP) is 1.72. The van der Waals surface area contributed by atoms with Gasteiger partial charge in [0.25, 0.3) is 0 Å². The zero-order chi connectivity index (χ0) is 14.5. The van der Waals surface area contributed by atoms with Gasteiger partial charge in [0.15, 0.2) is 0 Å². The maximum Gasteiger partial charge on any atom is 0.240 e. The van der Waals surface area contributed by atoms with Crippen LogP contribution >= 0.6 is 0 Å². The summed E-state index contributed by atoms with van der Waals surface area (Å²) in [5, 5.41) is 2.87. The quantitative estimate of drug-likeness (QED) is 0.911. The van der Waals surface area contributed by atoms with Crippen molar-refractivity contribution in [2.45, 2.75) is 32.7 Å². The molecule has 5 heteroatoms. The maximum atomic E-state index is 12.1. The molecule has 1 N–H and O–H groups in total. The topological polar surface area (TPSA) is 58.6 Å². The van der Waals surface area contributed by atoms with E-state index >= 15 is 0 Å². The number of para-hydroxylation sites is 2. The SMILES string of the molecule is CCC(C)NC(=O)CN1C(=O)CCOc2ccccc21. The number of nitrogens with zero attached hydrogens (tertiary/aromatic N) is 1. The minimum Gasteiger partial charge on any atom is -0.491 e. The highest BCUT2D eigenvalue weighted by molar-refractivity contribution is 6.00. The van der Waals surface area contributed by atoms with Gasteiger partial charge in [-0.3, -0.25) is 14.5 Å². The fourth-order valence-electron chi connectivity index (χ4n) is 2.06. The van der Waals surface area contributed by atoms with E-state index in [1.165, 1.54) is 4.90 Å². The van der Waals surface area contributed by atoms with Crippen LogP contribution in [-0.4, -0.2) is 31.0 Å². The third-order valence-corrected chi connectivity index (χ3v) is 3.35. The normalized spacial score (nSPS) is 15.9. The van der Waals surface area contributed by atoms with E-state index in [1.54, 1.807) is 6.07 Å².